The third-order valence-corrected chi connectivity index (χ3v) is 2.68. The van der Waals surface area contributed by atoms with Crippen LogP contribution < -0.4 is 0 Å². The summed E-state index contributed by atoms with van der Waals surface area (Å²) in [5, 5.41) is 0. The molecule has 0 saturated carbocycles. The lowest BCUT2D eigenvalue weighted by molar-refractivity contribution is 0.253. The van der Waals surface area contributed by atoms with Crippen molar-refractivity contribution in [2.24, 2.45) is 5.92 Å². The van der Waals surface area contributed by atoms with Gasteiger partial charge in [0.2, 0.25) is 0 Å². The number of hydrogen-bond acceptors (Lipinski definition) is 1. The molecule has 1 heteroatoms. The van der Waals surface area contributed by atoms with Crippen molar-refractivity contribution in [1.82, 2.24) is 4.90 Å². The van der Waals surface area contributed by atoms with Crippen LogP contribution in [0.4, 0.5) is 0 Å². The number of rotatable bonds is 3. The highest BCUT2D eigenvalue weighted by Crippen LogP contribution is 2.17. The van der Waals surface area contributed by atoms with Crippen LogP contribution in [0.3, 0.4) is 0 Å². The normalized spacial score (nSPS) is 26.7. The minimum atomic E-state index is 0.855. The Morgan fingerprint density at radius 1 is 1.45 bits per heavy atom. The molecule has 0 aromatic rings. The van der Waals surface area contributed by atoms with Crippen molar-refractivity contribution < 1.29 is 0 Å². The second-order valence-electron chi connectivity index (χ2n) is 4.21. The summed E-state index contributed by atoms with van der Waals surface area (Å²) in [5.74, 6) is 0.864. The largest absolute Gasteiger partial charge is 0.301 e. The first-order valence-electron chi connectivity index (χ1n) is 4.94. The molecule has 0 aliphatic carbocycles. The number of hydrogen-bond donors (Lipinski definition) is 0. The summed E-state index contributed by atoms with van der Waals surface area (Å²) in [6.45, 7) is 9.63. The molecule has 1 fully saturated rings. The Bertz CT molecular complexity index is 109. The van der Waals surface area contributed by atoms with Crippen LogP contribution >= 0.6 is 0 Å². The molecule has 1 aliphatic heterocycles. The second-order valence-corrected chi connectivity index (χ2v) is 4.21. The summed E-state index contributed by atoms with van der Waals surface area (Å²) in [6, 6.07) is 0.855. The van der Waals surface area contributed by atoms with E-state index in [-0.39, 0.29) is 0 Å². The molecule has 0 aromatic heterocycles. The van der Waals surface area contributed by atoms with Crippen molar-refractivity contribution in [3.63, 3.8) is 0 Å². The molecular weight excluding hydrogens is 134 g/mol. The summed E-state index contributed by atoms with van der Waals surface area (Å²) >= 11 is 0. The lowest BCUT2D eigenvalue weighted by Crippen LogP contribution is -2.28. The van der Waals surface area contributed by atoms with Gasteiger partial charge in [-0.3, -0.25) is 0 Å². The minimum absolute atomic E-state index is 0.855. The number of nitrogens with zero attached hydrogens (tertiary/aromatic N) is 1. The summed E-state index contributed by atoms with van der Waals surface area (Å²) in [4.78, 5) is 2.62. The highest BCUT2D eigenvalue weighted by molar-refractivity contribution is 4.74. The summed E-state index contributed by atoms with van der Waals surface area (Å²) < 4.78 is 0. The summed E-state index contributed by atoms with van der Waals surface area (Å²) in [7, 11) is 0. The van der Waals surface area contributed by atoms with Crippen molar-refractivity contribution in [2.75, 3.05) is 13.1 Å². The van der Waals surface area contributed by atoms with Crippen LogP contribution in [0.1, 0.15) is 40.0 Å². The molecule has 0 aromatic carbocycles. The van der Waals surface area contributed by atoms with E-state index >= 15 is 0 Å². The monoisotopic (exact) mass is 155 g/mol. The van der Waals surface area contributed by atoms with Crippen LogP contribution in [0.15, 0.2) is 0 Å². The van der Waals surface area contributed by atoms with Gasteiger partial charge in [0.05, 0.1) is 0 Å². The molecule has 1 heterocycles. The fourth-order valence-corrected chi connectivity index (χ4v) is 1.75. The maximum Gasteiger partial charge on any atom is 0.00674 e. The van der Waals surface area contributed by atoms with E-state index in [4.69, 9.17) is 0 Å². The fraction of sp³-hybridized carbons (Fsp3) is 1.00. The summed E-state index contributed by atoms with van der Waals surface area (Å²) in [6.07, 6.45) is 4.20. The second kappa shape index (κ2) is 4.10. The first kappa shape index (κ1) is 9.05. The zero-order valence-electron chi connectivity index (χ0n) is 8.14. The van der Waals surface area contributed by atoms with Gasteiger partial charge < -0.3 is 4.90 Å². The van der Waals surface area contributed by atoms with E-state index in [0.29, 0.717) is 0 Å². The van der Waals surface area contributed by atoms with Gasteiger partial charge in [-0.1, -0.05) is 13.8 Å². The number of likely N-dealkylation sites (tertiary alicyclic amines) is 1. The lowest BCUT2D eigenvalue weighted by atomic mass is 10.1. The van der Waals surface area contributed by atoms with Crippen LogP contribution in [0.25, 0.3) is 0 Å². The minimum Gasteiger partial charge on any atom is -0.301 e. The van der Waals surface area contributed by atoms with Crippen LogP contribution in [0.2, 0.25) is 0 Å². The maximum atomic E-state index is 2.62. The van der Waals surface area contributed by atoms with Crippen molar-refractivity contribution >= 4 is 0 Å². The zero-order chi connectivity index (χ0) is 8.27. The molecule has 0 amide bonds. The first-order chi connectivity index (χ1) is 5.20. The molecule has 1 atom stereocenters. The molecule has 0 radical (unpaired) electrons. The van der Waals surface area contributed by atoms with Crippen LogP contribution in [-0.4, -0.2) is 24.0 Å². The van der Waals surface area contributed by atoms with Gasteiger partial charge in [-0.15, -0.1) is 0 Å². The van der Waals surface area contributed by atoms with Gasteiger partial charge in [0.1, 0.15) is 0 Å². The predicted molar refractivity (Wildman–Crippen MR) is 49.7 cm³/mol. The van der Waals surface area contributed by atoms with Gasteiger partial charge in [-0.2, -0.15) is 0 Å². The molecule has 1 aliphatic rings. The molecule has 0 N–H and O–H groups in total. The topological polar surface area (TPSA) is 3.24 Å². The molecule has 1 rings (SSSR count). The van der Waals surface area contributed by atoms with Crippen molar-refractivity contribution in [3.05, 3.63) is 0 Å². The van der Waals surface area contributed by atoms with Gasteiger partial charge in [0.15, 0.2) is 0 Å². The average Bonchev–Trinajstić information content (AvgIpc) is 2.31. The summed E-state index contributed by atoms with van der Waals surface area (Å²) in [5.41, 5.74) is 0. The standard InChI is InChI=1S/C10H21N/c1-9(2)6-8-11-7-4-5-10(11)3/h9-10H,4-8H2,1-3H3. The molecular formula is C10H21N. The van der Waals surface area contributed by atoms with Gasteiger partial charge >= 0.3 is 0 Å². The Morgan fingerprint density at radius 2 is 2.18 bits per heavy atom. The van der Waals surface area contributed by atoms with Crippen molar-refractivity contribution in [2.45, 2.75) is 46.1 Å². The van der Waals surface area contributed by atoms with E-state index in [1.165, 1.54) is 32.4 Å². The lowest BCUT2D eigenvalue weighted by Gasteiger charge is -2.21. The van der Waals surface area contributed by atoms with E-state index < -0.39 is 0 Å². The van der Waals surface area contributed by atoms with Crippen molar-refractivity contribution in [3.8, 4) is 0 Å². The average molecular weight is 155 g/mol. The Balaban J connectivity index is 2.15. The zero-order valence-corrected chi connectivity index (χ0v) is 8.14. The molecule has 11 heavy (non-hydrogen) atoms. The van der Waals surface area contributed by atoms with Gasteiger partial charge in [-0.25, -0.2) is 0 Å². The molecule has 1 unspecified atom stereocenters. The molecule has 0 bridgehead atoms. The molecule has 1 nitrogen and oxygen atoms in total. The molecule has 1 saturated heterocycles. The third kappa shape index (κ3) is 2.82. The molecule has 66 valence electrons. The Labute approximate surface area is 70.8 Å². The van der Waals surface area contributed by atoms with Crippen LogP contribution in [-0.2, 0) is 0 Å². The van der Waals surface area contributed by atoms with E-state index in [0.717, 1.165) is 12.0 Å². The van der Waals surface area contributed by atoms with E-state index in [2.05, 4.69) is 25.7 Å². The first-order valence-corrected chi connectivity index (χ1v) is 4.94. The van der Waals surface area contributed by atoms with Gasteiger partial charge in [0.25, 0.3) is 0 Å². The van der Waals surface area contributed by atoms with Crippen molar-refractivity contribution in [1.29, 1.82) is 0 Å². The predicted octanol–water partition coefficient (Wildman–Crippen LogP) is 2.52. The SMILES string of the molecule is CC(C)CCN1CCCC1C. The van der Waals surface area contributed by atoms with Gasteiger partial charge in [0, 0.05) is 6.04 Å². The highest BCUT2D eigenvalue weighted by Gasteiger charge is 2.19. The van der Waals surface area contributed by atoms with E-state index in [1.54, 1.807) is 0 Å². The Hall–Kier alpha value is -0.0400. The van der Waals surface area contributed by atoms with Crippen LogP contribution in [0.5, 0.6) is 0 Å². The molecule has 0 spiro atoms. The fourth-order valence-electron chi connectivity index (χ4n) is 1.75. The quantitative estimate of drug-likeness (QED) is 0.605. The maximum absolute atomic E-state index is 2.62. The Kier molecular flexibility index (Phi) is 3.38. The third-order valence-electron chi connectivity index (χ3n) is 2.68. The highest BCUT2D eigenvalue weighted by atomic mass is 15.2. The van der Waals surface area contributed by atoms with Gasteiger partial charge in [-0.05, 0) is 45.2 Å². The van der Waals surface area contributed by atoms with Crippen LogP contribution in [0, 0.1) is 5.92 Å². The smallest absolute Gasteiger partial charge is 0.00674 e. The Morgan fingerprint density at radius 3 is 2.64 bits per heavy atom. The van der Waals surface area contributed by atoms with E-state index in [1.807, 2.05) is 0 Å². The van der Waals surface area contributed by atoms with E-state index in [9.17, 15) is 0 Å².